The third-order valence-electron chi connectivity index (χ3n) is 7.85. The van der Waals surface area contributed by atoms with Crippen LogP contribution in [0.15, 0.2) is 42.5 Å². The number of rotatable bonds is 3. The highest BCUT2D eigenvalue weighted by atomic mass is 19.1. The summed E-state index contributed by atoms with van der Waals surface area (Å²) in [7, 11) is 1.70. The lowest BCUT2D eigenvalue weighted by Crippen LogP contribution is -2.55. The fourth-order valence-corrected chi connectivity index (χ4v) is 6.00. The molecular formula is C26H27FN2O2. The maximum atomic E-state index is 14.5. The first kappa shape index (κ1) is 18.9. The van der Waals surface area contributed by atoms with Crippen molar-refractivity contribution in [2.75, 3.05) is 20.2 Å². The smallest absolute Gasteiger partial charge is 0.225 e. The lowest BCUT2D eigenvalue weighted by atomic mass is 9.58. The maximum Gasteiger partial charge on any atom is 0.225 e. The summed E-state index contributed by atoms with van der Waals surface area (Å²) >= 11 is 0. The molecule has 2 aromatic carbocycles. The second-order valence-electron chi connectivity index (χ2n) is 9.52. The van der Waals surface area contributed by atoms with Crippen molar-refractivity contribution < 1.29 is 13.9 Å². The molecule has 0 spiro atoms. The quantitative estimate of drug-likeness (QED) is 0.675. The van der Waals surface area contributed by atoms with Crippen LogP contribution in [0.4, 0.5) is 4.39 Å². The van der Waals surface area contributed by atoms with Gasteiger partial charge in [-0.15, -0.1) is 0 Å². The van der Waals surface area contributed by atoms with Gasteiger partial charge in [0, 0.05) is 35.5 Å². The Labute approximate surface area is 181 Å². The molecule has 4 nitrogen and oxygen atoms in total. The van der Waals surface area contributed by atoms with Gasteiger partial charge in [-0.05, 0) is 67.3 Å². The number of aromatic nitrogens is 1. The monoisotopic (exact) mass is 418 g/mol. The van der Waals surface area contributed by atoms with E-state index in [1.165, 1.54) is 17.2 Å². The molecule has 2 heterocycles. The summed E-state index contributed by atoms with van der Waals surface area (Å²) in [5.74, 6) is 1.53. The minimum Gasteiger partial charge on any atom is -0.497 e. The Hall–Kier alpha value is -2.82. The summed E-state index contributed by atoms with van der Waals surface area (Å²) in [5.41, 5.74) is 4.15. The molecular weight excluding hydrogens is 391 g/mol. The van der Waals surface area contributed by atoms with Crippen LogP contribution in [0.3, 0.4) is 0 Å². The Bertz CT molecular complexity index is 1180. The summed E-state index contributed by atoms with van der Waals surface area (Å²) in [6, 6.07) is 13.7. The number of H-pyrrole nitrogens is 1. The molecule has 0 bridgehead atoms. The van der Waals surface area contributed by atoms with Crippen LogP contribution in [0.25, 0.3) is 10.9 Å². The molecule has 1 aliphatic heterocycles. The number of likely N-dealkylation sites (tertiary alicyclic amines) is 1. The third-order valence-corrected chi connectivity index (χ3v) is 7.85. The zero-order chi connectivity index (χ0) is 21.2. The highest BCUT2D eigenvalue weighted by Crippen LogP contribution is 2.50. The summed E-state index contributed by atoms with van der Waals surface area (Å²) in [5, 5.41) is 0.986. The van der Waals surface area contributed by atoms with Gasteiger partial charge in [0.25, 0.3) is 0 Å². The predicted octanol–water partition coefficient (Wildman–Crippen LogP) is 4.61. The summed E-state index contributed by atoms with van der Waals surface area (Å²) in [6.07, 6.45) is 4.67. The van der Waals surface area contributed by atoms with Crippen molar-refractivity contribution in [3.8, 4) is 5.75 Å². The molecule has 5 heteroatoms. The van der Waals surface area contributed by atoms with Gasteiger partial charge in [-0.3, -0.25) is 4.79 Å². The lowest BCUT2D eigenvalue weighted by molar-refractivity contribution is -0.135. The van der Waals surface area contributed by atoms with E-state index >= 15 is 0 Å². The van der Waals surface area contributed by atoms with E-state index in [1.807, 2.05) is 12.1 Å². The molecule has 1 saturated carbocycles. The zero-order valence-corrected chi connectivity index (χ0v) is 17.8. The van der Waals surface area contributed by atoms with Crippen molar-refractivity contribution >= 4 is 16.8 Å². The van der Waals surface area contributed by atoms with Crippen LogP contribution in [0.2, 0.25) is 0 Å². The molecule has 1 N–H and O–H groups in total. The van der Waals surface area contributed by atoms with E-state index in [-0.39, 0.29) is 17.2 Å². The van der Waals surface area contributed by atoms with Crippen LogP contribution >= 0.6 is 0 Å². The molecule has 2 unspecified atom stereocenters. The van der Waals surface area contributed by atoms with E-state index < -0.39 is 0 Å². The number of nitrogens with one attached hydrogen (secondary N) is 1. The molecule has 2 aliphatic carbocycles. The summed E-state index contributed by atoms with van der Waals surface area (Å²) in [6.45, 7) is 1.56. The lowest BCUT2D eigenvalue weighted by Gasteiger charge is -2.51. The largest absolute Gasteiger partial charge is 0.497 e. The standard InChI is InChI=1S/C26H27FN2O2/c1-31-19-5-2-4-17(12-19)26-10-11-29(25(30)16-8-9-16)15-18(26)13-21-20-6-3-7-22(27)24(20)28-23(21)14-26/h2-7,12,16,18,28H,8-11,13-15H2,1H3. The fourth-order valence-electron chi connectivity index (χ4n) is 6.00. The molecule has 3 aromatic rings. The average molecular weight is 419 g/mol. The van der Waals surface area contributed by atoms with Crippen molar-refractivity contribution in [1.29, 1.82) is 0 Å². The van der Waals surface area contributed by atoms with Gasteiger partial charge in [-0.1, -0.05) is 24.3 Å². The molecule has 3 aliphatic rings. The molecule has 2 fully saturated rings. The molecule has 160 valence electrons. The van der Waals surface area contributed by atoms with Crippen molar-refractivity contribution in [2.45, 2.75) is 37.5 Å². The number of carbonyl (C=O) groups excluding carboxylic acids is 1. The van der Waals surface area contributed by atoms with Crippen molar-refractivity contribution in [3.05, 3.63) is 65.1 Å². The fraction of sp³-hybridized carbons (Fsp3) is 0.423. The van der Waals surface area contributed by atoms with Crippen LogP contribution in [0, 0.1) is 17.7 Å². The molecule has 1 amide bonds. The summed E-state index contributed by atoms with van der Waals surface area (Å²) in [4.78, 5) is 18.4. The van der Waals surface area contributed by atoms with E-state index in [2.05, 4.69) is 28.1 Å². The number of piperidine rings is 1. The van der Waals surface area contributed by atoms with E-state index in [0.717, 1.165) is 62.0 Å². The van der Waals surface area contributed by atoms with Crippen LogP contribution in [0.5, 0.6) is 5.75 Å². The van der Waals surface area contributed by atoms with Gasteiger partial charge in [0.05, 0.1) is 12.6 Å². The number of amides is 1. The SMILES string of the molecule is COc1cccc(C23CCN(C(=O)C4CC4)CC2Cc2c([nH]c4c(F)cccc24)C3)c1. The molecule has 1 aromatic heterocycles. The molecule has 31 heavy (non-hydrogen) atoms. The number of nitrogens with zero attached hydrogens (tertiary/aromatic N) is 1. The van der Waals surface area contributed by atoms with Crippen LogP contribution in [-0.4, -0.2) is 36.0 Å². The number of ether oxygens (including phenoxy) is 1. The Morgan fingerprint density at radius 3 is 2.87 bits per heavy atom. The first-order chi connectivity index (χ1) is 15.1. The molecule has 1 saturated heterocycles. The Morgan fingerprint density at radius 2 is 2.06 bits per heavy atom. The van der Waals surface area contributed by atoms with Gasteiger partial charge in [0.1, 0.15) is 11.6 Å². The maximum absolute atomic E-state index is 14.5. The van der Waals surface area contributed by atoms with Gasteiger partial charge in [-0.25, -0.2) is 4.39 Å². The second-order valence-corrected chi connectivity index (χ2v) is 9.52. The van der Waals surface area contributed by atoms with Gasteiger partial charge in [0.15, 0.2) is 0 Å². The number of benzene rings is 2. The van der Waals surface area contributed by atoms with E-state index in [0.29, 0.717) is 17.3 Å². The van der Waals surface area contributed by atoms with Crippen molar-refractivity contribution in [2.24, 2.45) is 11.8 Å². The van der Waals surface area contributed by atoms with Gasteiger partial charge in [0.2, 0.25) is 5.91 Å². The number of hydrogen-bond acceptors (Lipinski definition) is 2. The number of para-hydroxylation sites is 1. The van der Waals surface area contributed by atoms with Gasteiger partial charge >= 0.3 is 0 Å². The van der Waals surface area contributed by atoms with Gasteiger partial charge < -0.3 is 14.6 Å². The van der Waals surface area contributed by atoms with E-state index in [9.17, 15) is 9.18 Å². The Morgan fingerprint density at radius 1 is 1.23 bits per heavy atom. The third kappa shape index (κ3) is 2.89. The highest BCUT2D eigenvalue weighted by Gasteiger charge is 2.50. The minimum atomic E-state index is -0.198. The topological polar surface area (TPSA) is 45.3 Å². The average Bonchev–Trinajstić information content (AvgIpc) is 3.59. The minimum absolute atomic E-state index is 0.0841. The molecule has 2 atom stereocenters. The number of hydrogen-bond donors (Lipinski definition) is 1. The van der Waals surface area contributed by atoms with Crippen LogP contribution in [-0.2, 0) is 23.1 Å². The van der Waals surface area contributed by atoms with Crippen LogP contribution in [0.1, 0.15) is 36.1 Å². The van der Waals surface area contributed by atoms with Crippen molar-refractivity contribution in [1.82, 2.24) is 9.88 Å². The van der Waals surface area contributed by atoms with Crippen LogP contribution < -0.4 is 4.74 Å². The highest BCUT2D eigenvalue weighted by molar-refractivity contribution is 5.86. The van der Waals surface area contributed by atoms with Crippen molar-refractivity contribution in [3.63, 3.8) is 0 Å². The summed E-state index contributed by atoms with van der Waals surface area (Å²) < 4.78 is 20.1. The number of methoxy groups -OCH3 is 1. The molecule has 6 rings (SSSR count). The Kier molecular flexibility index (Phi) is 4.17. The number of halogens is 1. The van der Waals surface area contributed by atoms with E-state index in [4.69, 9.17) is 4.74 Å². The zero-order valence-electron chi connectivity index (χ0n) is 17.8. The first-order valence-corrected chi connectivity index (χ1v) is 11.3. The number of aromatic amines is 1. The predicted molar refractivity (Wildman–Crippen MR) is 118 cm³/mol. The Balaban J connectivity index is 1.46. The second kappa shape index (κ2) is 6.84. The molecule has 0 radical (unpaired) electrons. The van der Waals surface area contributed by atoms with Gasteiger partial charge in [-0.2, -0.15) is 0 Å². The number of fused-ring (bicyclic) bond motifs is 4. The normalized spacial score (nSPS) is 25.2. The first-order valence-electron chi connectivity index (χ1n) is 11.3. The van der Waals surface area contributed by atoms with E-state index in [1.54, 1.807) is 13.2 Å². The number of carbonyl (C=O) groups is 1.